The highest BCUT2D eigenvalue weighted by molar-refractivity contribution is 5.98. The van der Waals surface area contributed by atoms with Crippen LogP contribution in [0, 0.1) is 40.4 Å². The minimum atomic E-state index is -0.472. The van der Waals surface area contributed by atoms with Crippen molar-refractivity contribution >= 4 is 17.7 Å². The Morgan fingerprint density at radius 3 is 2.53 bits per heavy atom. The van der Waals surface area contributed by atoms with Gasteiger partial charge in [-0.1, -0.05) is 26.3 Å². The Hall–Kier alpha value is -1.65. The molecule has 4 rings (SSSR count). The first kappa shape index (κ1) is 21.6. The predicted octanol–water partition coefficient (Wildman–Crippen LogP) is 4.49. The Labute approximate surface area is 179 Å². The Kier molecular flexibility index (Phi) is 5.39. The van der Waals surface area contributed by atoms with Crippen molar-refractivity contribution in [2.75, 3.05) is 7.11 Å². The predicted molar refractivity (Wildman–Crippen MR) is 112 cm³/mol. The third kappa shape index (κ3) is 3.06. The zero-order chi connectivity index (χ0) is 21.8. The van der Waals surface area contributed by atoms with Crippen molar-refractivity contribution in [1.82, 2.24) is 0 Å². The molecule has 3 saturated carbocycles. The highest BCUT2D eigenvalue weighted by Gasteiger charge is 2.61. The van der Waals surface area contributed by atoms with Crippen LogP contribution in [-0.4, -0.2) is 30.9 Å². The summed E-state index contributed by atoms with van der Waals surface area (Å²) in [5.41, 5.74) is 0.890. The first-order valence-electron chi connectivity index (χ1n) is 11.6. The maximum absolute atomic E-state index is 13.6. The molecule has 4 aliphatic carbocycles. The van der Waals surface area contributed by atoms with Gasteiger partial charge in [0.25, 0.3) is 0 Å². The molecule has 4 aliphatic rings. The van der Waals surface area contributed by atoms with Crippen molar-refractivity contribution < 1.29 is 23.9 Å². The second kappa shape index (κ2) is 7.49. The number of esters is 2. The minimum absolute atomic E-state index is 0.0130. The molecule has 3 fully saturated rings. The molecule has 30 heavy (non-hydrogen) atoms. The minimum Gasteiger partial charge on any atom is -0.469 e. The first-order chi connectivity index (χ1) is 14.1. The first-order valence-corrected chi connectivity index (χ1v) is 11.6. The van der Waals surface area contributed by atoms with Crippen molar-refractivity contribution in [3.63, 3.8) is 0 Å². The van der Waals surface area contributed by atoms with Gasteiger partial charge in [-0.2, -0.15) is 0 Å². The van der Waals surface area contributed by atoms with E-state index in [0.29, 0.717) is 17.8 Å². The van der Waals surface area contributed by atoms with Crippen molar-refractivity contribution in [2.45, 2.75) is 78.7 Å². The molecule has 5 heteroatoms. The molecule has 0 saturated heterocycles. The molecule has 0 spiro atoms. The second-order valence-corrected chi connectivity index (χ2v) is 10.7. The Morgan fingerprint density at radius 2 is 1.87 bits per heavy atom. The number of hydrogen-bond acceptors (Lipinski definition) is 5. The maximum atomic E-state index is 13.6. The molecule has 5 nitrogen and oxygen atoms in total. The van der Waals surface area contributed by atoms with Gasteiger partial charge < -0.3 is 9.47 Å². The monoisotopic (exact) mass is 416 g/mol. The van der Waals surface area contributed by atoms with E-state index in [2.05, 4.69) is 13.8 Å². The summed E-state index contributed by atoms with van der Waals surface area (Å²) in [5, 5.41) is 0. The average Bonchev–Trinajstić information content (AvgIpc) is 3.06. The molecule has 0 aromatic heterocycles. The van der Waals surface area contributed by atoms with Gasteiger partial charge in [-0.15, -0.1) is 0 Å². The van der Waals surface area contributed by atoms with Crippen LogP contribution in [0.5, 0.6) is 0 Å². The Balaban J connectivity index is 1.63. The average molecular weight is 417 g/mol. The number of ether oxygens (including phenoxy) is 2. The summed E-state index contributed by atoms with van der Waals surface area (Å²) in [5.74, 6) is 0.795. The zero-order valence-electron chi connectivity index (χ0n) is 19.0. The van der Waals surface area contributed by atoms with Crippen molar-refractivity contribution in [3.8, 4) is 0 Å². The molecule has 0 aliphatic heterocycles. The molecule has 0 N–H and O–H groups in total. The van der Waals surface area contributed by atoms with Crippen molar-refractivity contribution in [3.05, 3.63) is 11.6 Å². The van der Waals surface area contributed by atoms with Crippen molar-refractivity contribution in [1.29, 1.82) is 0 Å². The smallest absolute Gasteiger partial charge is 0.308 e. The Bertz CT molecular complexity index is 784. The zero-order valence-corrected chi connectivity index (χ0v) is 19.0. The molecule has 0 amide bonds. The molecule has 0 heterocycles. The van der Waals surface area contributed by atoms with Crippen molar-refractivity contribution in [2.24, 2.45) is 40.4 Å². The van der Waals surface area contributed by atoms with Gasteiger partial charge in [0.15, 0.2) is 5.78 Å². The fourth-order valence-corrected chi connectivity index (χ4v) is 7.80. The van der Waals surface area contributed by atoms with E-state index in [-0.39, 0.29) is 41.1 Å². The fraction of sp³-hybridized carbons (Fsp3) is 0.800. The lowest BCUT2D eigenvalue weighted by molar-refractivity contribution is -0.151. The third-order valence-electron chi connectivity index (χ3n) is 9.46. The second-order valence-electron chi connectivity index (χ2n) is 10.7. The van der Waals surface area contributed by atoms with Crippen LogP contribution in [0.15, 0.2) is 11.6 Å². The van der Waals surface area contributed by atoms with E-state index in [0.717, 1.165) is 44.9 Å². The van der Waals surface area contributed by atoms with Gasteiger partial charge in [0.1, 0.15) is 6.10 Å². The van der Waals surface area contributed by atoms with E-state index in [9.17, 15) is 14.4 Å². The summed E-state index contributed by atoms with van der Waals surface area (Å²) in [6, 6.07) is 0. The van der Waals surface area contributed by atoms with Crippen LogP contribution in [-0.2, 0) is 23.9 Å². The lowest BCUT2D eigenvalue weighted by Gasteiger charge is -2.56. The standard InChI is InChI=1S/C25H36O5/c1-14(23(28)29-5)19-8-9-20-18-7-6-16-12-17(30-15(2)26)10-11-24(16,3)21(18)13-22(27)25(19,20)4/h13-14,16-20H,6-12H2,1-5H3/t14-,16+,17+,18?,19+,20?,24-,25+/m0/s1. The summed E-state index contributed by atoms with van der Waals surface area (Å²) >= 11 is 0. The number of allylic oxidation sites excluding steroid dienone is 2. The summed E-state index contributed by atoms with van der Waals surface area (Å²) in [4.78, 5) is 37.3. The summed E-state index contributed by atoms with van der Waals surface area (Å²) in [6.45, 7) is 7.85. The van der Waals surface area contributed by atoms with Gasteiger partial charge in [-0.25, -0.2) is 0 Å². The van der Waals surface area contributed by atoms with E-state index >= 15 is 0 Å². The molecule has 0 bridgehead atoms. The molecule has 8 atom stereocenters. The summed E-state index contributed by atoms with van der Waals surface area (Å²) < 4.78 is 10.5. The van der Waals surface area contributed by atoms with E-state index in [1.165, 1.54) is 19.6 Å². The van der Waals surface area contributed by atoms with E-state index in [1.54, 1.807) is 0 Å². The normalized spacial score (nSPS) is 43.6. The largest absolute Gasteiger partial charge is 0.469 e. The lowest BCUT2D eigenvalue weighted by atomic mass is 9.48. The van der Waals surface area contributed by atoms with Gasteiger partial charge in [-0.3, -0.25) is 14.4 Å². The number of rotatable bonds is 3. The highest BCUT2D eigenvalue weighted by atomic mass is 16.5. The number of carbonyl (C=O) groups excluding carboxylic acids is 3. The molecule has 166 valence electrons. The maximum Gasteiger partial charge on any atom is 0.308 e. The van der Waals surface area contributed by atoms with Crippen LogP contribution < -0.4 is 0 Å². The molecule has 0 aromatic carbocycles. The van der Waals surface area contributed by atoms with E-state index < -0.39 is 5.41 Å². The van der Waals surface area contributed by atoms with Crippen LogP contribution in [0.4, 0.5) is 0 Å². The van der Waals surface area contributed by atoms with Gasteiger partial charge in [0, 0.05) is 12.3 Å². The van der Waals surface area contributed by atoms with Gasteiger partial charge >= 0.3 is 11.9 Å². The molecule has 2 unspecified atom stereocenters. The summed E-state index contributed by atoms with van der Waals surface area (Å²) in [6.07, 6.45) is 8.85. The quantitative estimate of drug-likeness (QED) is 0.634. The SMILES string of the molecule is COC(=O)[C@@H](C)[C@H]1CCC2C3CC[C@@H]4C[C@H](OC(C)=O)CC[C@]4(C)C3=CC(=O)[C@@]21C. The highest BCUT2D eigenvalue weighted by Crippen LogP contribution is 2.65. The van der Waals surface area contributed by atoms with Gasteiger partial charge in [0.2, 0.25) is 0 Å². The van der Waals surface area contributed by atoms with E-state index in [1.807, 2.05) is 13.0 Å². The molecule has 0 aromatic rings. The van der Waals surface area contributed by atoms with Crippen LogP contribution in [0.1, 0.15) is 72.6 Å². The van der Waals surface area contributed by atoms with Gasteiger partial charge in [0.05, 0.1) is 13.0 Å². The lowest BCUT2D eigenvalue weighted by Crippen LogP contribution is -2.52. The van der Waals surface area contributed by atoms with Crippen LogP contribution in [0.3, 0.4) is 0 Å². The third-order valence-corrected chi connectivity index (χ3v) is 9.46. The Morgan fingerprint density at radius 1 is 1.13 bits per heavy atom. The molecular weight excluding hydrogens is 380 g/mol. The van der Waals surface area contributed by atoms with Crippen LogP contribution in [0.25, 0.3) is 0 Å². The number of fused-ring (bicyclic) bond motifs is 5. The number of methoxy groups -OCH3 is 1. The topological polar surface area (TPSA) is 69.7 Å². The number of carbonyl (C=O) groups is 3. The van der Waals surface area contributed by atoms with E-state index in [4.69, 9.17) is 9.47 Å². The van der Waals surface area contributed by atoms with Gasteiger partial charge in [-0.05, 0) is 80.1 Å². The molecular formula is C25H36O5. The number of hydrogen-bond donors (Lipinski definition) is 0. The summed E-state index contributed by atoms with van der Waals surface area (Å²) in [7, 11) is 1.43. The van der Waals surface area contributed by atoms with Crippen LogP contribution in [0.2, 0.25) is 0 Å². The number of ketones is 1. The fourth-order valence-electron chi connectivity index (χ4n) is 7.80. The van der Waals surface area contributed by atoms with Crippen LogP contribution >= 0.6 is 0 Å². The molecule has 0 radical (unpaired) electrons.